The number of thiazole rings is 1. The molecular weight excluding hydrogens is 250 g/mol. The molecule has 7 heteroatoms. The summed E-state index contributed by atoms with van der Waals surface area (Å²) in [6.07, 6.45) is 1.55. The lowest BCUT2D eigenvalue weighted by molar-refractivity contribution is -0.122. The summed E-state index contributed by atoms with van der Waals surface area (Å²) in [5, 5.41) is 4.36. The third-order valence-electron chi connectivity index (χ3n) is 1.96. The summed E-state index contributed by atoms with van der Waals surface area (Å²) >= 11 is 1.08. The van der Waals surface area contributed by atoms with Gasteiger partial charge in [0.15, 0.2) is 0 Å². The van der Waals surface area contributed by atoms with Crippen molar-refractivity contribution in [3.05, 3.63) is 20.7 Å². The van der Waals surface area contributed by atoms with Gasteiger partial charge in [-0.2, -0.15) is 0 Å². The highest BCUT2D eigenvalue weighted by Crippen LogP contribution is 1.96. The standard InChI is InChI=1S/C9H15N3O2S.ClH/c1-2-3-7(10)8(13)11-4-6-5-15-9(14)12-6;/h5,7H,2-4,10H2,1H3,(H,11,13)(H,12,14);1H. The van der Waals surface area contributed by atoms with Gasteiger partial charge < -0.3 is 16.0 Å². The van der Waals surface area contributed by atoms with Crippen molar-refractivity contribution < 1.29 is 4.79 Å². The van der Waals surface area contributed by atoms with Gasteiger partial charge in [-0.15, -0.1) is 12.4 Å². The zero-order valence-corrected chi connectivity index (χ0v) is 10.6. The number of amides is 1. The second-order valence-corrected chi connectivity index (χ2v) is 4.13. The third-order valence-corrected chi connectivity index (χ3v) is 2.68. The zero-order chi connectivity index (χ0) is 11.3. The Morgan fingerprint density at radius 3 is 2.88 bits per heavy atom. The summed E-state index contributed by atoms with van der Waals surface area (Å²) in [5.74, 6) is -0.177. The molecule has 1 rings (SSSR count). The van der Waals surface area contributed by atoms with Crippen molar-refractivity contribution in [3.63, 3.8) is 0 Å². The first-order valence-electron chi connectivity index (χ1n) is 4.83. The van der Waals surface area contributed by atoms with E-state index in [9.17, 15) is 9.59 Å². The number of H-pyrrole nitrogens is 1. The van der Waals surface area contributed by atoms with E-state index < -0.39 is 6.04 Å². The lowest BCUT2D eigenvalue weighted by Gasteiger charge is -2.09. The van der Waals surface area contributed by atoms with Crippen LogP contribution in [0.5, 0.6) is 0 Å². The van der Waals surface area contributed by atoms with Crippen molar-refractivity contribution in [3.8, 4) is 0 Å². The molecule has 1 atom stereocenters. The maximum Gasteiger partial charge on any atom is 0.304 e. The number of hydrogen-bond acceptors (Lipinski definition) is 4. The molecule has 0 aromatic carbocycles. The van der Waals surface area contributed by atoms with Gasteiger partial charge in [0.2, 0.25) is 5.91 Å². The first kappa shape index (κ1) is 15.2. The molecule has 4 N–H and O–H groups in total. The number of rotatable bonds is 5. The monoisotopic (exact) mass is 265 g/mol. The number of aromatic nitrogens is 1. The summed E-state index contributed by atoms with van der Waals surface area (Å²) in [7, 11) is 0. The Morgan fingerprint density at radius 2 is 2.38 bits per heavy atom. The molecule has 0 aliphatic rings. The summed E-state index contributed by atoms with van der Waals surface area (Å²) in [6.45, 7) is 2.30. The van der Waals surface area contributed by atoms with E-state index in [0.717, 1.165) is 17.8 Å². The van der Waals surface area contributed by atoms with Gasteiger partial charge in [0.05, 0.1) is 12.6 Å². The van der Waals surface area contributed by atoms with Crippen LogP contribution in [-0.2, 0) is 11.3 Å². The molecule has 1 heterocycles. The zero-order valence-electron chi connectivity index (χ0n) is 8.99. The predicted octanol–water partition coefficient (Wildman–Crippen LogP) is 0.602. The lowest BCUT2D eigenvalue weighted by Crippen LogP contribution is -2.40. The van der Waals surface area contributed by atoms with E-state index in [4.69, 9.17) is 5.73 Å². The van der Waals surface area contributed by atoms with Gasteiger partial charge in [-0.1, -0.05) is 24.7 Å². The molecule has 0 saturated carbocycles. The van der Waals surface area contributed by atoms with Gasteiger partial charge in [-0.3, -0.25) is 9.59 Å². The minimum absolute atomic E-state index is 0. The third kappa shape index (κ3) is 4.78. The average Bonchev–Trinajstić information content (AvgIpc) is 2.61. The Labute approximate surface area is 104 Å². The fourth-order valence-corrected chi connectivity index (χ4v) is 1.74. The van der Waals surface area contributed by atoms with Crippen LogP contribution in [0, 0.1) is 0 Å². The van der Waals surface area contributed by atoms with Crippen LogP contribution in [0.3, 0.4) is 0 Å². The quantitative estimate of drug-likeness (QED) is 0.729. The van der Waals surface area contributed by atoms with E-state index in [1.807, 2.05) is 6.92 Å². The van der Waals surface area contributed by atoms with Crippen molar-refractivity contribution in [1.29, 1.82) is 0 Å². The van der Waals surface area contributed by atoms with Crippen molar-refractivity contribution >= 4 is 29.7 Å². The number of halogens is 1. The maximum atomic E-state index is 11.4. The normalized spacial score (nSPS) is 11.6. The fraction of sp³-hybridized carbons (Fsp3) is 0.556. The topological polar surface area (TPSA) is 88.0 Å². The first-order chi connectivity index (χ1) is 7.13. The highest BCUT2D eigenvalue weighted by atomic mass is 35.5. The van der Waals surface area contributed by atoms with Crippen molar-refractivity contribution in [2.45, 2.75) is 32.4 Å². The number of nitrogens with one attached hydrogen (secondary N) is 2. The summed E-state index contributed by atoms with van der Waals surface area (Å²) in [5.41, 5.74) is 6.33. The number of nitrogens with two attached hydrogens (primary N) is 1. The van der Waals surface area contributed by atoms with Crippen molar-refractivity contribution in [1.82, 2.24) is 10.3 Å². The van der Waals surface area contributed by atoms with Crippen LogP contribution >= 0.6 is 23.7 Å². The van der Waals surface area contributed by atoms with Gasteiger partial charge in [0.1, 0.15) is 0 Å². The van der Waals surface area contributed by atoms with E-state index in [1.54, 1.807) is 5.38 Å². The molecule has 0 bridgehead atoms. The second kappa shape index (κ2) is 7.43. The first-order valence-corrected chi connectivity index (χ1v) is 5.71. The van der Waals surface area contributed by atoms with E-state index in [2.05, 4.69) is 10.3 Å². The van der Waals surface area contributed by atoms with Crippen LogP contribution in [0.1, 0.15) is 25.5 Å². The molecule has 0 aliphatic carbocycles. The minimum Gasteiger partial charge on any atom is -0.349 e. The van der Waals surface area contributed by atoms with Crippen LogP contribution in [0.4, 0.5) is 0 Å². The Morgan fingerprint density at radius 1 is 1.69 bits per heavy atom. The SMILES string of the molecule is CCCC(N)C(=O)NCc1csc(=O)[nH]1.Cl. The Hall–Kier alpha value is -0.850. The van der Waals surface area contributed by atoms with Gasteiger partial charge >= 0.3 is 4.87 Å². The molecule has 0 aliphatic heterocycles. The van der Waals surface area contributed by atoms with E-state index in [-0.39, 0.29) is 23.2 Å². The molecular formula is C9H16ClN3O2S. The van der Waals surface area contributed by atoms with E-state index in [0.29, 0.717) is 18.7 Å². The molecule has 0 radical (unpaired) electrons. The van der Waals surface area contributed by atoms with Crippen LogP contribution in [0.25, 0.3) is 0 Å². The molecule has 1 aromatic heterocycles. The molecule has 5 nitrogen and oxygen atoms in total. The molecule has 92 valence electrons. The number of hydrogen-bond donors (Lipinski definition) is 3. The molecule has 16 heavy (non-hydrogen) atoms. The van der Waals surface area contributed by atoms with E-state index >= 15 is 0 Å². The molecule has 0 saturated heterocycles. The molecule has 1 unspecified atom stereocenters. The summed E-state index contributed by atoms with van der Waals surface area (Å²) < 4.78 is 0. The predicted molar refractivity (Wildman–Crippen MR) is 66.9 cm³/mol. The number of carbonyl (C=O) groups is 1. The lowest BCUT2D eigenvalue weighted by atomic mass is 10.2. The Balaban J connectivity index is 0.00000225. The van der Waals surface area contributed by atoms with Gasteiger partial charge in [-0.05, 0) is 6.42 Å². The largest absolute Gasteiger partial charge is 0.349 e. The number of carbonyl (C=O) groups excluding carboxylic acids is 1. The van der Waals surface area contributed by atoms with Crippen LogP contribution in [0.2, 0.25) is 0 Å². The van der Waals surface area contributed by atoms with Gasteiger partial charge in [0.25, 0.3) is 0 Å². The van der Waals surface area contributed by atoms with Crippen LogP contribution < -0.4 is 15.9 Å². The summed E-state index contributed by atoms with van der Waals surface area (Å²) in [4.78, 5) is 24.7. The summed E-state index contributed by atoms with van der Waals surface area (Å²) in [6, 6.07) is -0.458. The maximum absolute atomic E-state index is 11.4. The van der Waals surface area contributed by atoms with Crippen molar-refractivity contribution in [2.75, 3.05) is 0 Å². The fourth-order valence-electron chi connectivity index (χ4n) is 1.16. The molecule has 0 spiro atoms. The smallest absolute Gasteiger partial charge is 0.304 e. The molecule has 1 aromatic rings. The molecule has 1 amide bonds. The average molecular weight is 266 g/mol. The van der Waals surface area contributed by atoms with Crippen LogP contribution in [-0.4, -0.2) is 16.9 Å². The van der Waals surface area contributed by atoms with Crippen molar-refractivity contribution in [2.24, 2.45) is 5.73 Å². The number of aromatic amines is 1. The van der Waals surface area contributed by atoms with E-state index in [1.165, 1.54) is 0 Å². The minimum atomic E-state index is -0.458. The molecule has 0 fully saturated rings. The highest BCUT2D eigenvalue weighted by molar-refractivity contribution is 7.07. The Bertz CT molecular complexity index is 377. The van der Waals surface area contributed by atoms with Gasteiger partial charge in [-0.25, -0.2) is 0 Å². The Kier molecular flexibility index (Phi) is 7.03. The highest BCUT2D eigenvalue weighted by Gasteiger charge is 2.11. The van der Waals surface area contributed by atoms with Gasteiger partial charge in [0, 0.05) is 11.1 Å². The second-order valence-electron chi connectivity index (χ2n) is 3.29. The van der Waals surface area contributed by atoms with Crippen LogP contribution in [0.15, 0.2) is 10.2 Å².